The Bertz CT molecular complexity index is 2580. The van der Waals surface area contributed by atoms with E-state index in [2.05, 4.69) is 43.8 Å². The van der Waals surface area contributed by atoms with E-state index >= 15 is 0 Å². The van der Waals surface area contributed by atoms with Gasteiger partial charge in [0.2, 0.25) is 0 Å². The van der Waals surface area contributed by atoms with E-state index in [9.17, 15) is 28.8 Å². The monoisotopic (exact) mass is 1010 g/mol. The van der Waals surface area contributed by atoms with Gasteiger partial charge in [0.15, 0.2) is 49.6 Å². The Hall–Kier alpha value is -4.39. The van der Waals surface area contributed by atoms with Crippen LogP contribution in [0.3, 0.4) is 0 Å². The topological polar surface area (TPSA) is 227 Å². The maximum Gasteiger partial charge on any atom is 0.338 e. The SMILES string of the molecule is CC(C)(C)[Si](C)(C)O[C@@H]1[C@H](OP(OC[C@H]2O[C@@H](n3ccc(=O)[nH]c3=O)[C@H](OC(=O)c3ccccc3)[C@@H]2OC(=O)c2ccccc2)O[Si](C)(C)C)[C@@H](CO[Si](C)(C)C)O[C@H]1n1ccc(=O)[nH]c1=O.[B]. The normalized spacial score (nSPS) is 23.7. The van der Waals surface area contributed by atoms with Crippen molar-refractivity contribution in [2.75, 3.05) is 13.2 Å². The molecule has 0 amide bonds. The molecule has 0 spiro atoms. The van der Waals surface area contributed by atoms with Gasteiger partial charge in [-0.2, -0.15) is 0 Å². The number of H-pyrrole nitrogens is 2. The predicted octanol–water partition coefficient (Wildman–Crippen LogP) is 5.67. The van der Waals surface area contributed by atoms with Crippen LogP contribution in [0.1, 0.15) is 53.9 Å². The molecule has 2 fully saturated rings. The number of benzene rings is 2. The highest BCUT2D eigenvalue weighted by Gasteiger charge is 2.55. The molecular weight excluding hydrogens is 951 g/mol. The van der Waals surface area contributed by atoms with E-state index in [0.29, 0.717) is 0 Å². The average Bonchev–Trinajstić information content (AvgIpc) is 3.73. The first-order chi connectivity index (χ1) is 31.3. The van der Waals surface area contributed by atoms with Crippen molar-refractivity contribution in [3.8, 4) is 0 Å². The van der Waals surface area contributed by atoms with E-state index in [4.69, 9.17) is 41.1 Å². The minimum atomic E-state index is -2.69. The molecule has 0 bridgehead atoms. The largest absolute Gasteiger partial charge is 0.452 e. The Morgan fingerprint density at radius 1 is 0.632 bits per heavy atom. The Morgan fingerprint density at radius 2 is 1.09 bits per heavy atom. The first-order valence-electron chi connectivity index (χ1n) is 21.9. The second-order valence-corrected chi connectivity index (χ2v) is 34.8. The number of aromatic nitrogens is 4. The number of aromatic amines is 2. The third-order valence-corrected chi connectivity index (χ3v) is 20.2. The number of rotatable bonds is 18. The van der Waals surface area contributed by atoms with E-state index in [-0.39, 0.29) is 31.2 Å². The molecule has 2 aromatic carbocycles. The maximum absolute atomic E-state index is 13.8. The van der Waals surface area contributed by atoms with E-state index < -0.39 is 124 Å². The standard InChI is InChI=1S/C44H61N4O15PSi3.B/c1-44(2,3)67(10,11)62-37-35(31(27-56-65(4,5)6)58-39(37)48-25-23-33(50)46-43(48)54)61-64(63-66(7,8)9)55-26-30-34(59-40(51)28-18-14-12-15-19-28)36(60-41(52)29-20-16-13-17-21-29)38(57-30)47-24-22-32(49)45-42(47)53;/h12-25,30-31,34-39H,26-27H2,1-11H3,(H,45,49,53)(H,46,50,54);/t30-,31-,34-,35-,36-,37-,38-,39-,64?;/m1./s1. The smallest absolute Gasteiger partial charge is 0.338 e. The summed E-state index contributed by atoms with van der Waals surface area (Å²) in [6.07, 6.45) is -6.89. The van der Waals surface area contributed by atoms with Gasteiger partial charge in [-0.15, -0.1) is 0 Å². The van der Waals surface area contributed by atoms with E-state index in [1.54, 1.807) is 48.5 Å². The third kappa shape index (κ3) is 13.9. The van der Waals surface area contributed by atoms with Crippen molar-refractivity contribution in [2.45, 2.75) is 127 Å². The van der Waals surface area contributed by atoms with Crippen molar-refractivity contribution in [1.82, 2.24) is 19.1 Å². The molecule has 2 saturated heterocycles. The van der Waals surface area contributed by atoms with Crippen LogP contribution >= 0.6 is 8.60 Å². The molecule has 9 atom stereocenters. The number of nitrogens with one attached hydrogen (secondary N) is 2. The Balaban J connectivity index is 0.00000864. The zero-order chi connectivity index (χ0) is 49.1. The first-order valence-corrected chi connectivity index (χ1v) is 32.7. The molecule has 24 heteroatoms. The van der Waals surface area contributed by atoms with Crippen LogP contribution < -0.4 is 22.5 Å². The van der Waals surface area contributed by atoms with Crippen LogP contribution in [0.4, 0.5) is 0 Å². The van der Waals surface area contributed by atoms with Gasteiger partial charge in [0, 0.05) is 32.9 Å². The van der Waals surface area contributed by atoms with Crippen molar-refractivity contribution in [2.24, 2.45) is 0 Å². The molecule has 3 radical (unpaired) electrons. The molecule has 0 aliphatic carbocycles. The van der Waals surface area contributed by atoms with Crippen LogP contribution in [-0.2, 0) is 41.1 Å². The lowest BCUT2D eigenvalue weighted by Crippen LogP contribution is -2.50. The van der Waals surface area contributed by atoms with E-state index in [1.807, 2.05) is 39.3 Å². The van der Waals surface area contributed by atoms with Gasteiger partial charge in [0.05, 0.1) is 24.3 Å². The van der Waals surface area contributed by atoms with Crippen molar-refractivity contribution in [1.29, 1.82) is 0 Å². The molecule has 2 N–H and O–H groups in total. The van der Waals surface area contributed by atoms with Gasteiger partial charge in [0.1, 0.15) is 24.4 Å². The Kier molecular flexibility index (Phi) is 17.8. The lowest BCUT2D eigenvalue weighted by atomic mass is 10.1. The highest BCUT2D eigenvalue weighted by molar-refractivity contribution is 7.43. The summed E-state index contributed by atoms with van der Waals surface area (Å²) in [7, 11) is -9.82. The van der Waals surface area contributed by atoms with Crippen molar-refractivity contribution >= 4 is 53.9 Å². The average molecular weight is 1010 g/mol. The zero-order valence-corrected chi connectivity index (χ0v) is 44.1. The number of hydrogen-bond donors (Lipinski definition) is 2. The van der Waals surface area contributed by atoms with Crippen LogP contribution in [-0.4, -0.2) is 114 Å². The molecule has 367 valence electrons. The van der Waals surface area contributed by atoms with Gasteiger partial charge in [0.25, 0.3) is 11.1 Å². The fourth-order valence-electron chi connectivity index (χ4n) is 6.82. The summed E-state index contributed by atoms with van der Waals surface area (Å²) < 4.78 is 61.2. The molecule has 4 aromatic rings. The number of esters is 2. The Morgan fingerprint density at radius 3 is 1.53 bits per heavy atom. The summed E-state index contributed by atoms with van der Waals surface area (Å²) in [5.41, 5.74) is -2.49. The number of hydrogen-bond acceptors (Lipinski definition) is 15. The number of carbonyl (C=O) groups is 2. The summed E-state index contributed by atoms with van der Waals surface area (Å²) >= 11 is 0. The quantitative estimate of drug-likeness (QED) is 0.0695. The summed E-state index contributed by atoms with van der Waals surface area (Å²) in [5.74, 6) is -1.59. The lowest BCUT2D eigenvalue weighted by molar-refractivity contribution is -0.0610. The summed E-state index contributed by atoms with van der Waals surface area (Å²) in [6, 6.07) is 18.6. The molecule has 0 saturated carbocycles. The van der Waals surface area contributed by atoms with Gasteiger partial charge in [-0.1, -0.05) is 57.2 Å². The molecule has 68 heavy (non-hydrogen) atoms. The fraction of sp³-hybridized carbons (Fsp3) is 0.500. The van der Waals surface area contributed by atoms with Gasteiger partial charge >= 0.3 is 31.9 Å². The second-order valence-electron chi connectivity index (χ2n) is 19.7. The van der Waals surface area contributed by atoms with Crippen molar-refractivity contribution in [3.05, 3.63) is 138 Å². The van der Waals surface area contributed by atoms with Crippen LogP contribution in [0.15, 0.2) is 104 Å². The predicted molar refractivity (Wildman–Crippen MR) is 261 cm³/mol. The summed E-state index contributed by atoms with van der Waals surface area (Å²) in [6.45, 7) is 21.9. The molecule has 4 heterocycles. The third-order valence-electron chi connectivity index (χ3n) is 11.1. The molecule has 2 aliphatic heterocycles. The Labute approximate surface area is 400 Å². The second kappa shape index (κ2) is 22.1. The van der Waals surface area contributed by atoms with Gasteiger partial charge in [-0.25, -0.2) is 19.2 Å². The number of carbonyl (C=O) groups excluding carboxylic acids is 2. The van der Waals surface area contributed by atoms with Crippen molar-refractivity contribution < 1.29 is 50.6 Å². The van der Waals surface area contributed by atoms with Gasteiger partial charge in [-0.3, -0.25) is 28.7 Å². The molecule has 2 aliphatic rings. The zero-order valence-electron chi connectivity index (χ0n) is 40.2. The fourth-order valence-corrected chi connectivity index (χ4v) is 11.7. The number of ether oxygens (including phenoxy) is 4. The number of nitrogens with zero attached hydrogens (tertiary/aromatic N) is 2. The van der Waals surface area contributed by atoms with E-state index in [0.717, 1.165) is 10.6 Å². The lowest BCUT2D eigenvalue weighted by Gasteiger charge is -2.41. The van der Waals surface area contributed by atoms with Crippen molar-refractivity contribution in [3.63, 3.8) is 0 Å². The van der Waals surface area contributed by atoms with Gasteiger partial charge in [-0.05, 0) is 81.7 Å². The molecule has 6 rings (SSSR count). The highest BCUT2D eigenvalue weighted by Crippen LogP contribution is 2.51. The molecule has 2 aromatic heterocycles. The summed E-state index contributed by atoms with van der Waals surface area (Å²) in [5, 5.41) is -0.308. The molecular formula is C44H61BN4O15PSi3. The van der Waals surface area contributed by atoms with Crippen LogP contribution in [0, 0.1) is 0 Å². The van der Waals surface area contributed by atoms with Crippen LogP contribution in [0.25, 0.3) is 0 Å². The molecule has 1 unspecified atom stereocenters. The first kappa shape index (κ1) is 54.5. The highest BCUT2D eigenvalue weighted by atomic mass is 31.2. The summed E-state index contributed by atoms with van der Waals surface area (Å²) in [4.78, 5) is 83.3. The van der Waals surface area contributed by atoms with E-state index in [1.165, 1.54) is 35.2 Å². The maximum atomic E-state index is 13.8. The minimum Gasteiger partial charge on any atom is -0.452 e. The minimum absolute atomic E-state index is 0. The van der Waals surface area contributed by atoms with Gasteiger partial charge < -0.3 is 41.1 Å². The van der Waals surface area contributed by atoms with Crippen LogP contribution in [0.2, 0.25) is 57.4 Å². The molecule has 19 nitrogen and oxygen atoms in total. The van der Waals surface area contributed by atoms with Crippen LogP contribution in [0.5, 0.6) is 0 Å².